The molecule has 2 heterocycles. The van der Waals surface area contributed by atoms with Gasteiger partial charge < -0.3 is 10.8 Å². The van der Waals surface area contributed by atoms with Gasteiger partial charge >= 0.3 is 7.12 Å². The van der Waals surface area contributed by atoms with Crippen molar-refractivity contribution in [3.63, 3.8) is 0 Å². The van der Waals surface area contributed by atoms with Gasteiger partial charge in [0.25, 0.3) is 0 Å². The van der Waals surface area contributed by atoms with E-state index in [-0.39, 0.29) is 25.8 Å². The van der Waals surface area contributed by atoms with Crippen LogP contribution in [0.5, 0.6) is 0 Å². The van der Waals surface area contributed by atoms with Crippen LogP contribution in [0.3, 0.4) is 0 Å². The van der Waals surface area contributed by atoms with Crippen molar-refractivity contribution >= 4 is 48.3 Å². The molecule has 1 aromatic heterocycles. The number of fused-ring (bicyclic) bond motifs is 2. The molecule has 1 aliphatic heterocycles. The first-order chi connectivity index (χ1) is 12.7. The highest BCUT2D eigenvalue weighted by Crippen LogP contribution is 2.24. The molecule has 0 aliphatic carbocycles. The zero-order valence-corrected chi connectivity index (χ0v) is 15.6. The van der Waals surface area contributed by atoms with Gasteiger partial charge in [-0.1, -0.05) is 30.3 Å². The summed E-state index contributed by atoms with van der Waals surface area (Å²) in [6.45, 7) is 0.221. The second-order valence-electron chi connectivity index (χ2n) is 6.41. The van der Waals surface area contributed by atoms with Gasteiger partial charge in [-0.25, -0.2) is 0 Å². The number of rotatable bonds is 5. The number of pyridine rings is 1. The van der Waals surface area contributed by atoms with E-state index >= 15 is 0 Å². The molecule has 1 aliphatic rings. The number of nitrogens with zero attached hydrogens (tertiary/aromatic N) is 1. The lowest BCUT2D eigenvalue weighted by Crippen LogP contribution is -2.28. The fraction of sp³-hybridized carbons (Fsp3) is 0.158. The molecule has 8 heteroatoms. The molecule has 0 spiro atoms. The van der Waals surface area contributed by atoms with Crippen LogP contribution >= 0.6 is 13.5 Å². The number of nitrogens with one attached hydrogen (secondary N) is 1. The van der Waals surface area contributed by atoms with Gasteiger partial charge in [-0.05, 0) is 28.6 Å². The standard InChI is InChI=1S/C19H18BN3O3.H2S/c21-10-16(14-3-4-17-18(9-14)23-26-20(17)25)19(24)8-12-1-2-15-11-22-6-5-13(15)7-12;/h1-7,9,11,16,23,25H,8,10,21H2;1H2/t16-;/m1./s1. The maximum atomic E-state index is 12.9. The monoisotopic (exact) mass is 381 g/mol. The number of nitrogens with two attached hydrogens (primary N) is 1. The van der Waals surface area contributed by atoms with E-state index in [9.17, 15) is 9.82 Å². The minimum atomic E-state index is -0.988. The number of aromatic nitrogens is 1. The number of hydrogen-bond donors (Lipinski definition) is 3. The van der Waals surface area contributed by atoms with E-state index in [1.165, 1.54) is 0 Å². The fourth-order valence-electron chi connectivity index (χ4n) is 3.30. The van der Waals surface area contributed by atoms with Crippen molar-refractivity contribution in [1.29, 1.82) is 0 Å². The van der Waals surface area contributed by atoms with Crippen LogP contribution in [0.2, 0.25) is 0 Å². The molecule has 0 fully saturated rings. The van der Waals surface area contributed by atoms with E-state index < -0.39 is 13.0 Å². The molecule has 0 unspecified atom stereocenters. The van der Waals surface area contributed by atoms with Gasteiger partial charge in [-0.2, -0.15) is 13.5 Å². The normalized spacial score (nSPS) is 13.6. The topological polar surface area (TPSA) is 97.5 Å². The Bertz CT molecular complexity index is 985. The summed E-state index contributed by atoms with van der Waals surface area (Å²) in [4.78, 5) is 17.0. The molecule has 3 aromatic rings. The van der Waals surface area contributed by atoms with Crippen LogP contribution in [0.1, 0.15) is 17.0 Å². The molecule has 2 aromatic carbocycles. The Hall–Kier alpha value is -2.39. The Labute approximate surface area is 164 Å². The number of carbonyl (C=O) groups is 1. The Morgan fingerprint density at radius 1 is 1.22 bits per heavy atom. The number of hydrogen-bond acceptors (Lipinski definition) is 6. The minimum absolute atomic E-state index is 0. The lowest BCUT2D eigenvalue weighted by Gasteiger charge is -2.15. The van der Waals surface area contributed by atoms with Crippen molar-refractivity contribution in [1.82, 2.24) is 4.98 Å². The summed E-state index contributed by atoms with van der Waals surface area (Å²) in [6.07, 6.45) is 3.85. The van der Waals surface area contributed by atoms with Crippen LogP contribution in [0.15, 0.2) is 54.9 Å². The third-order valence-electron chi connectivity index (χ3n) is 4.73. The molecule has 27 heavy (non-hydrogen) atoms. The quantitative estimate of drug-likeness (QED) is 0.576. The second-order valence-corrected chi connectivity index (χ2v) is 6.41. The highest BCUT2D eigenvalue weighted by molar-refractivity contribution is 7.59. The molecule has 4 rings (SSSR count). The minimum Gasteiger partial charge on any atom is -0.422 e. The molecular formula is C19H20BN3O3S. The van der Waals surface area contributed by atoms with E-state index in [2.05, 4.69) is 10.5 Å². The molecule has 4 N–H and O–H groups in total. The molecule has 0 saturated heterocycles. The average Bonchev–Trinajstić information content (AvgIpc) is 3.03. The Balaban J connectivity index is 0.00000210. The van der Waals surface area contributed by atoms with Crippen LogP contribution in [0, 0.1) is 0 Å². The third kappa shape index (κ3) is 3.84. The van der Waals surface area contributed by atoms with Crippen molar-refractivity contribution in [2.75, 3.05) is 12.0 Å². The summed E-state index contributed by atoms with van der Waals surface area (Å²) >= 11 is 0. The van der Waals surface area contributed by atoms with Crippen molar-refractivity contribution in [3.05, 3.63) is 66.0 Å². The summed E-state index contributed by atoms with van der Waals surface area (Å²) in [5, 5.41) is 11.8. The second kappa shape index (κ2) is 8.10. The zero-order valence-electron chi connectivity index (χ0n) is 14.6. The maximum Gasteiger partial charge on any atom is 0.516 e. The van der Waals surface area contributed by atoms with E-state index in [1.54, 1.807) is 18.5 Å². The summed E-state index contributed by atoms with van der Waals surface area (Å²) < 4.78 is 4.97. The van der Waals surface area contributed by atoms with Gasteiger partial charge in [0, 0.05) is 36.2 Å². The van der Waals surface area contributed by atoms with Crippen LogP contribution in [0.25, 0.3) is 10.8 Å². The molecule has 6 nitrogen and oxygen atoms in total. The van der Waals surface area contributed by atoms with Gasteiger partial charge in [-0.15, -0.1) is 0 Å². The van der Waals surface area contributed by atoms with Crippen molar-refractivity contribution in [3.8, 4) is 0 Å². The number of carbonyl (C=O) groups excluding carboxylic acids is 1. The molecule has 0 bridgehead atoms. The fourth-order valence-corrected chi connectivity index (χ4v) is 3.30. The van der Waals surface area contributed by atoms with Crippen molar-refractivity contribution < 1.29 is 14.6 Å². The van der Waals surface area contributed by atoms with E-state index in [1.807, 2.05) is 36.4 Å². The summed E-state index contributed by atoms with van der Waals surface area (Å²) in [5.41, 5.74) is 11.6. The number of Topliss-reactive ketones (excluding diaryl/α,β-unsaturated/α-hetero) is 1. The first kappa shape index (κ1) is 19.4. The third-order valence-corrected chi connectivity index (χ3v) is 4.73. The Kier molecular flexibility index (Phi) is 5.81. The van der Waals surface area contributed by atoms with Crippen LogP contribution in [-0.2, 0) is 16.0 Å². The summed E-state index contributed by atoms with van der Waals surface area (Å²) in [6, 6.07) is 13.3. The molecule has 0 saturated carbocycles. The average molecular weight is 381 g/mol. The van der Waals surface area contributed by atoms with Crippen molar-refractivity contribution in [2.45, 2.75) is 12.3 Å². The molecule has 0 amide bonds. The maximum absolute atomic E-state index is 12.9. The number of benzene rings is 2. The summed E-state index contributed by atoms with van der Waals surface area (Å²) in [5.74, 6) is -0.353. The zero-order chi connectivity index (χ0) is 18.1. The van der Waals surface area contributed by atoms with E-state index in [0.717, 1.165) is 21.9 Å². The van der Waals surface area contributed by atoms with Gasteiger partial charge in [0.1, 0.15) is 5.78 Å². The highest BCUT2D eigenvalue weighted by atomic mass is 32.1. The SMILES string of the molecule is NC[C@@H](C(=O)Cc1ccc2cnccc2c1)c1ccc2c(c1)NOB2O.S. The lowest BCUT2D eigenvalue weighted by molar-refractivity contribution is -0.119. The smallest absolute Gasteiger partial charge is 0.422 e. The highest BCUT2D eigenvalue weighted by Gasteiger charge is 2.29. The first-order valence-corrected chi connectivity index (χ1v) is 8.44. The van der Waals surface area contributed by atoms with Crippen LogP contribution in [-0.4, -0.2) is 29.5 Å². The van der Waals surface area contributed by atoms with Gasteiger partial charge in [0.15, 0.2) is 0 Å². The molecule has 138 valence electrons. The van der Waals surface area contributed by atoms with Gasteiger partial charge in [0.2, 0.25) is 0 Å². The number of ketones is 1. The molecule has 1 atom stereocenters. The van der Waals surface area contributed by atoms with E-state index in [0.29, 0.717) is 17.6 Å². The summed E-state index contributed by atoms with van der Waals surface area (Å²) in [7, 11) is -0.988. The van der Waals surface area contributed by atoms with Crippen molar-refractivity contribution in [2.24, 2.45) is 5.73 Å². The lowest BCUT2D eigenvalue weighted by atomic mass is 9.78. The predicted molar refractivity (Wildman–Crippen MR) is 111 cm³/mol. The Morgan fingerprint density at radius 3 is 2.89 bits per heavy atom. The predicted octanol–water partition coefficient (Wildman–Crippen LogP) is 1.25. The van der Waals surface area contributed by atoms with E-state index in [4.69, 9.17) is 10.5 Å². The first-order valence-electron chi connectivity index (χ1n) is 8.44. The molecular weight excluding hydrogens is 361 g/mol. The Morgan fingerprint density at radius 2 is 2.07 bits per heavy atom. The van der Waals surface area contributed by atoms with Gasteiger partial charge in [0.05, 0.1) is 11.6 Å². The van der Waals surface area contributed by atoms with Gasteiger partial charge in [-0.3, -0.25) is 20.0 Å². The largest absolute Gasteiger partial charge is 0.516 e. The molecule has 0 radical (unpaired) electrons. The van der Waals surface area contributed by atoms with Crippen LogP contribution < -0.4 is 16.7 Å². The van der Waals surface area contributed by atoms with Crippen LogP contribution in [0.4, 0.5) is 5.69 Å². The number of anilines is 1.